The molecule has 0 atom stereocenters. The summed E-state index contributed by atoms with van der Waals surface area (Å²) in [6.07, 6.45) is 7.08. The SMILES string of the molecule is Nc1ncnn2c(-c3cccc(C(=O)N4CCCC4)c3)cc(-c3cnnn3C3CCOCC3)c12. The molecule has 2 aliphatic rings. The Morgan fingerprint density at radius 1 is 1.09 bits per heavy atom. The molecule has 6 rings (SSSR count). The van der Waals surface area contributed by atoms with E-state index in [4.69, 9.17) is 10.5 Å². The lowest BCUT2D eigenvalue weighted by Crippen LogP contribution is -2.27. The minimum Gasteiger partial charge on any atom is -0.382 e. The maximum atomic E-state index is 13.0. The number of nitrogens with two attached hydrogens (primary N) is 1. The van der Waals surface area contributed by atoms with Crippen LogP contribution in [0.15, 0.2) is 42.9 Å². The van der Waals surface area contributed by atoms with Crippen LogP contribution in [-0.2, 0) is 4.74 Å². The summed E-state index contributed by atoms with van der Waals surface area (Å²) in [5.41, 5.74) is 11.1. The van der Waals surface area contributed by atoms with Crippen molar-refractivity contribution in [1.82, 2.24) is 34.5 Å². The zero-order valence-corrected chi connectivity index (χ0v) is 18.8. The minimum atomic E-state index is 0.0661. The zero-order valence-electron chi connectivity index (χ0n) is 18.8. The Kier molecular flexibility index (Phi) is 5.21. The van der Waals surface area contributed by atoms with Gasteiger partial charge < -0.3 is 15.4 Å². The molecule has 0 saturated carbocycles. The van der Waals surface area contributed by atoms with Crippen molar-refractivity contribution >= 4 is 17.2 Å². The van der Waals surface area contributed by atoms with Gasteiger partial charge in [0.15, 0.2) is 5.82 Å². The largest absolute Gasteiger partial charge is 0.382 e. The molecule has 0 bridgehead atoms. The second-order valence-electron chi connectivity index (χ2n) is 8.84. The summed E-state index contributed by atoms with van der Waals surface area (Å²) in [5, 5.41) is 13.1. The highest BCUT2D eigenvalue weighted by Crippen LogP contribution is 2.36. The molecule has 34 heavy (non-hydrogen) atoms. The van der Waals surface area contributed by atoms with Crippen LogP contribution in [0.1, 0.15) is 42.1 Å². The Morgan fingerprint density at radius 2 is 1.91 bits per heavy atom. The summed E-state index contributed by atoms with van der Waals surface area (Å²) in [7, 11) is 0. The molecular weight excluding hydrogens is 432 g/mol. The highest BCUT2D eigenvalue weighted by molar-refractivity contribution is 5.96. The van der Waals surface area contributed by atoms with Gasteiger partial charge in [0.1, 0.15) is 11.8 Å². The topological polar surface area (TPSA) is 116 Å². The van der Waals surface area contributed by atoms with Crippen LogP contribution >= 0.6 is 0 Å². The third-order valence-corrected chi connectivity index (χ3v) is 6.77. The van der Waals surface area contributed by atoms with Crippen LogP contribution in [0.3, 0.4) is 0 Å². The molecule has 0 radical (unpaired) electrons. The van der Waals surface area contributed by atoms with Gasteiger partial charge in [-0.3, -0.25) is 4.79 Å². The summed E-state index contributed by atoms with van der Waals surface area (Å²) in [6.45, 7) is 3.03. The fraction of sp³-hybridized carbons (Fsp3) is 0.375. The molecule has 3 aromatic heterocycles. The van der Waals surface area contributed by atoms with Crippen molar-refractivity contribution in [2.75, 3.05) is 32.0 Å². The Bertz CT molecular complexity index is 1350. The molecule has 1 aromatic carbocycles. The second kappa shape index (κ2) is 8.53. The lowest BCUT2D eigenvalue weighted by atomic mass is 10.1. The van der Waals surface area contributed by atoms with Gasteiger partial charge in [-0.1, -0.05) is 17.3 Å². The van der Waals surface area contributed by atoms with Crippen LogP contribution in [0.2, 0.25) is 0 Å². The van der Waals surface area contributed by atoms with Crippen molar-refractivity contribution in [3.05, 3.63) is 48.4 Å². The summed E-state index contributed by atoms with van der Waals surface area (Å²) in [5.74, 6) is 0.441. The fourth-order valence-corrected chi connectivity index (χ4v) is 5.02. The highest BCUT2D eigenvalue weighted by atomic mass is 16.5. The molecule has 4 aromatic rings. The first-order chi connectivity index (χ1) is 16.7. The predicted molar refractivity (Wildman–Crippen MR) is 126 cm³/mol. The smallest absolute Gasteiger partial charge is 0.253 e. The number of hydrogen-bond donors (Lipinski definition) is 1. The lowest BCUT2D eigenvalue weighted by Gasteiger charge is -2.23. The molecule has 174 valence electrons. The van der Waals surface area contributed by atoms with Gasteiger partial charge in [0, 0.05) is 43.0 Å². The summed E-state index contributed by atoms with van der Waals surface area (Å²) < 4.78 is 9.28. The normalized spacial score (nSPS) is 17.0. The summed E-state index contributed by atoms with van der Waals surface area (Å²) in [4.78, 5) is 19.2. The number of aromatic nitrogens is 6. The van der Waals surface area contributed by atoms with E-state index in [0.717, 1.165) is 61.3 Å². The average molecular weight is 459 g/mol. The number of ether oxygens (including phenoxy) is 1. The molecule has 2 N–H and O–H groups in total. The number of fused-ring (bicyclic) bond motifs is 1. The highest BCUT2D eigenvalue weighted by Gasteiger charge is 2.25. The monoisotopic (exact) mass is 458 g/mol. The van der Waals surface area contributed by atoms with E-state index in [1.54, 1.807) is 10.7 Å². The molecule has 5 heterocycles. The van der Waals surface area contributed by atoms with Gasteiger partial charge in [0.25, 0.3) is 5.91 Å². The number of carbonyl (C=O) groups is 1. The van der Waals surface area contributed by atoms with E-state index in [0.29, 0.717) is 30.1 Å². The van der Waals surface area contributed by atoms with Gasteiger partial charge in [-0.15, -0.1) is 5.10 Å². The molecule has 0 aliphatic carbocycles. The maximum absolute atomic E-state index is 13.0. The van der Waals surface area contributed by atoms with Gasteiger partial charge >= 0.3 is 0 Å². The van der Waals surface area contributed by atoms with E-state index >= 15 is 0 Å². The van der Waals surface area contributed by atoms with E-state index in [1.165, 1.54) is 6.33 Å². The van der Waals surface area contributed by atoms with Crippen molar-refractivity contribution in [1.29, 1.82) is 0 Å². The zero-order chi connectivity index (χ0) is 23.1. The van der Waals surface area contributed by atoms with Crippen LogP contribution in [-0.4, -0.2) is 66.7 Å². The third kappa shape index (κ3) is 3.50. The Labute approximate surface area is 196 Å². The summed E-state index contributed by atoms with van der Waals surface area (Å²) >= 11 is 0. The van der Waals surface area contributed by atoms with Crippen LogP contribution in [0.4, 0.5) is 5.82 Å². The number of rotatable bonds is 4. The molecule has 10 nitrogen and oxygen atoms in total. The van der Waals surface area contributed by atoms with Gasteiger partial charge in [-0.2, -0.15) is 5.10 Å². The first-order valence-corrected chi connectivity index (χ1v) is 11.7. The van der Waals surface area contributed by atoms with Crippen LogP contribution in [0, 0.1) is 0 Å². The van der Waals surface area contributed by atoms with E-state index in [-0.39, 0.29) is 11.9 Å². The third-order valence-electron chi connectivity index (χ3n) is 6.77. The number of carbonyl (C=O) groups excluding carboxylic acids is 1. The van der Waals surface area contributed by atoms with E-state index in [1.807, 2.05) is 39.9 Å². The number of benzene rings is 1. The number of nitrogen functional groups attached to an aromatic ring is 1. The molecule has 2 fully saturated rings. The van der Waals surface area contributed by atoms with Crippen LogP contribution in [0.5, 0.6) is 0 Å². The molecule has 0 spiro atoms. The van der Waals surface area contributed by atoms with Gasteiger partial charge in [0.05, 0.1) is 23.6 Å². The van der Waals surface area contributed by atoms with Gasteiger partial charge in [0.2, 0.25) is 0 Å². The molecule has 0 unspecified atom stereocenters. The van der Waals surface area contributed by atoms with E-state index in [2.05, 4.69) is 20.4 Å². The number of hydrogen-bond acceptors (Lipinski definition) is 7. The quantitative estimate of drug-likeness (QED) is 0.500. The Hall–Kier alpha value is -3.79. The molecule has 10 heteroatoms. The van der Waals surface area contributed by atoms with E-state index < -0.39 is 0 Å². The molecule has 2 aliphatic heterocycles. The number of amides is 1. The molecule has 1 amide bonds. The van der Waals surface area contributed by atoms with E-state index in [9.17, 15) is 4.79 Å². The predicted octanol–water partition coefficient (Wildman–Crippen LogP) is 2.82. The molecule has 2 saturated heterocycles. The van der Waals surface area contributed by atoms with Crippen molar-refractivity contribution in [3.8, 4) is 22.5 Å². The first-order valence-electron chi connectivity index (χ1n) is 11.7. The standard InChI is InChI=1S/C24H26N8O2/c25-23-22-19(21-14-27-29-31(21)18-6-10-34-11-7-18)13-20(32(22)28-15-26-23)16-4-3-5-17(12-16)24(33)30-8-1-2-9-30/h3-5,12-15,18H,1-2,6-11H2,(H2,25,26,28). The minimum absolute atomic E-state index is 0.0661. The number of nitrogens with zero attached hydrogens (tertiary/aromatic N) is 7. The second-order valence-corrected chi connectivity index (χ2v) is 8.84. The fourth-order valence-electron chi connectivity index (χ4n) is 5.02. The Balaban J connectivity index is 1.47. The van der Waals surface area contributed by atoms with Crippen LogP contribution < -0.4 is 5.73 Å². The van der Waals surface area contributed by atoms with Gasteiger partial charge in [-0.25, -0.2) is 14.2 Å². The molecular formula is C24H26N8O2. The van der Waals surface area contributed by atoms with Crippen LogP contribution in [0.25, 0.3) is 28.0 Å². The van der Waals surface area contributed by atoms with Gasteiger partial charge in [-0.05, 0) is 43.9 Å². The van der Waals surface area contributed by atoms with Crippen molar-refractivity contribution in [2.45, 2.75) is 31.7 Å². The van der Waals surface area contributed by atoms with Crippen molar-refractivity contribution in [2.24, 2.45) is 0 Å². The lowest BCUT2D eigenvalue weighted by molar-refractivity contribution is 0.0662. The van der Waals surface area contributed by atoms with Crippen molar-refractivity contribution in [3.63, 3.8) is 0 Å². The first kappa shape index (κ1) is 20.8. The number of likely N-dealkylation sites (tertiary alicyclic amines) is 1. The maximum Gasteiger partial charge on any atom is 0.253 e. The number of anilines is 1. The van der Waals surface area contributed by atoms with Crippen molar-refractivity contribution < 1.29 is 9.53 Å². The average Bonchev–Trinajstić information content (AvgIpc) is 3.64. The Morgan fingerprint density at radius 3 is 2.74 bits per heavy atom. The summed E-state index contributed by atoms with van der Waals surface area (Å²) in [6, 6.07) is 9.94.